The van der Waals surface area contributed by atoms with E-state index in [1.54, 1.807) is 24.3 Å². The summed E-state index contributed by atoms with van der Waals surface area (Å²) in [5.74, 6) is -0.630. The van der Waals surface area contributed by atoms with Crippen molar-refractivity contribution in [3.8, 4) is 0 Å². The van der Waals surface area contributed by atoms with Crippen LogP contribution in [0.25, 0.3) is 0 Å². The molecule has 1 heterocycles. The standard InChI is InChI=1S/C12H14N2O3/c13-7-8-1-3-9(4-2-8)11(15)14-10-5-6-17-12(10)16/h1-4,10H,5-7,13H2,(H,14,15). The second-order valence-electron chi connectivity index (χ2n) is 3.88. The fourth-order valence-corrected chi connectivity index (χ4v) is 1.66. The zero-order chi connectivity index (χ0) is 12.3. The Morgan fingerprint density at radius 1 is 1.41 bits per heavy atom. The number of rotatable bonds is 3. The van der Waals surface area contributed by atoms with Gasteiger partial charge >= 0.3 is 5.97 Å². The Morgan fingerprint density at radius 3 is 2.65 bits per heavy atom. The number of hydrogen-bond acceptors (Lipinski definition) is 4. The van der Waals surface area contributed by atoms with Gasteiger partial charge in [-0.1, -0.05) is 12.1 Å². The molecule has 1 aliphatic heterocycles. The number of benzene rings is 1. The van der Waals surface area contributed by atoms with Crippen molar-refractivity contribution in [2.75, 3.05) is 6.61 Å². The lowest BCUT2D eigenvalue weighted by Crippen LogP contribution is -2.37. The molecule has 1 aromatic rings. The Hall–Kier alpha value is -1.88. The van der Waals surface area contributed by atoms with E-state index in [9.17, 15) is 9.59 Å². The molecule has 1 amide bonds. The Bertz CT molecular complexity index is 428. The van der Waals surface area contributed by atoms with Gasteiger partial charge in [0.25, 0.3) is 5.91 Å². The molecule has 3 N–H and O–H groups in total. The van der Waals surface area contributed by atoms with Crippen LogP contribution in [0.3, 0.4) is 0 Å². The molecule has 5 heteroatoms. The zero-order valence-corrected chi connectivity index (χ0v) is 9.31. The van der Waals surface area contributed by atoms with Gasteiger partial charge in [0.05, 0.1) is 6.61 Å². The molecule has 17 heavy (non-hydrogen) atoms. The molecule has 1 unspecified atom stereocenters. The van der Waals surface area contributed by atoms with Crippen LogP contribution in [0.4, 0.5) is 0 Å². The van der Waals surface area contributed by atoms with Gasteiger partial charge in [-0.25, -0.2) is 4.79 Å². The minimum absolute atomic E-state index is 0.266. The molecular formula is C12H14N2O3. The van der Waals surface area contributed by atoms with Crippen LogP contribution in [0.2, 0.25) is 0 Å². The minimum atomic E-state index is -0.517. The number of ether oxygens (including phenoxy) is 1. The van der Waals surface area contributed by atoms with Crippen LogP contribution in [-0.4, -0.2) is 24.5 Å². The lowest BCUT2D eigenvalue weighted by molar-refractivity contribution is -0.139. The summed E-state index contributed by atoms with van der Waals surface area (Å²) in [6.45, 7) is 0.812. The van der Waals surface area contributed by atoms with E-state index in [4.69, 9.17) is 10.5 Å². The molecule has 1 aromatic carbocycles. The Kier molecular flexibility index (Phi) is 3.39. The summed E-state index contributed by atoms with van der Waals surface area (Å²) in [6, 6.07) is 6.45. The van der Waals surface area contributed by atoms with E-state index in [-0.39, 0.29) is 11.9 Å². The van der Waals surface area contributed by atoms with E-state index in [0.29, 0.717) is 25.1 Å². The summed E-state index contributed by atoms with van der Waals surface area (Å²) in [7, 11) is 0. The highest BCUT2D eigenvalue weighted by atomic mass is 16.5. The highest BCUT2D eigenvalue weighted by molar-refractivity contribution is 5.97. The fourth-order valence-electron chi connectivity index (χ4n) is 1.66. The number of carbonyl (C=O) groups is 2. The molecule has 1 saturated heterocycles. The van der Waals surface area contributed by atoms with Gasteiger partial charge in [0, 0.05) is 18.5 Å². The molecule has 2 rings (SSSR count). The quantitative estimate of drug-likeness (QED) is 0.731. The monoisotopic (exact) mass is 234 g/mol. The first kappa shape index (κ1) is 11.6. The van der Waals surface area contributed by atoms with E-state index >= 15 is 0 Å². The number of nitrogens with two attached hydrogens (primary N) is 1. The smallest absolute Gasteiger partial charge is 0.328 e. The van der Waals surface area contributed by atoms with Crippen molar-refractivity contribution in [3.05, 3.63) is 35.4 Å². The molecule has 5 nitrogen and oxygen atoms in total. The third kappa shape index (κ3) is 2.62. The molecule has 0 spiro atoms. The molecule has 0 radical (unpaired) electrons. The maximum Gasteiger partial charge on any atom is 0.328 e. The summed E-state index contributed by atoms with van der Waals surface area (Å²) < 4.78 is 4.77. The molecular weight excluding hydrogens is 220 g/mol. The van der Waals surface area contributed by atoms with Gasteiger partial charge in [-0.3, -0.25) is 4.79 Å². The normalized spacial score (nSPS) is 18.9. The van der Waals surface area contributed by atoms with Gasteiger partial charge in [-0.15, -0.1) is 0 Å². The molecule has 0 aromatic heterocycles. The fraction of sp³-hybridized carbons (Fsp3) is 0.333. The number of amides is 1. The minimum Gasteiger partial charge on any atom is -0.464 e. The second-order valence-corrected chi connectivity index (χ2v) is 3.88. The molecule has 1 fully saturated rings. The van der Waals surface area contributed by atoms with Crippen molar-refractivity contribution in [2.45, 2.75) is 19.0 Å². The van der Waals surface area contributed by atoms with E-state index in [0.717, 1.165) is 5.56 Å². The molecule has 1 atom stereocenters. The highest BCUT2D eigenvalue weighted by Gasteiger charge is 2.28. The Balaban J connectivity index is 2.01. The topological polar surface area (TPSA) is 81.4 Å². The predicted octanol–water partition coefficient (Wildman–Crippen LogP) is 0.191. The first-order valence-corrected chi connectivity index (χ1v) is 5.47. The van der Waals surface area contributed by atoms with Crippen molar-refractivity contribution in [2.24, 2.45) is 5.73 Å². The maximum atomic E-state index is 11.8. The van der Waals surface area contributed by atoms with Gasteiger partial charge < -0.3 is 15.8 Å². The van der Waals surface area contributed by atoms with Gasteiger partial charge in [-0.05, 0) is 17.7 Å². The van der Waals surface area contributed by atoms with Crippen LogP contribution in [0.1, 0.15) is 22.3 Å². The maximum absolute atomic E-state index is 11.8. The number of carbonyl (C=O) groups excluding carboxylic acids is 2. The first-order chi connectivity index (χ1) is 8.20. The van der Waals surface area contributed by atoms with E-state index in [1.165, 1.54) is 0 Å². The lowest BCUT2D eigenvalue weighted by atomic mass is 10.1. The van der Waals surface area contributed by atoms with Crippen LogP contribution in [-0.2, 0) is 16.1 Å². The average molecular weight is 234 g/mol. The number of cyclic esters (lactones) is 1. The number of nitrogens with one attached hydrogen (secondary N) is 1. The van der Waals surface area contributed by atoms with E-state index in [2.05, 4.69) is 5.32 Å². The summed E-state index contributed by atoms with van der Waals surface area (Å²) in [5, 5.41) is 2.64. The molecule has 0 saturated carbocycles. The third-order valence-electron chi connectivity index (χ3n) is 2.69. The van der Waals surface area contributed by atoms with Gasteiger partial charge in [-0.2, -0.15) is 0 Å². The Morgan fingerprint density at radius 2 is 2.12 bits per heavy atom. The summed E-state index contributed by atoms with van der Waals surface area (Å²) in [6.07, 6.45) is 0.533. The summed E-state index contributed by atoms with van der Waals surface area (Å²) >= 11 is 0. The van der Waals surface area contributed by atoms with Crippen LogP contribution in [0.15, 0.2) is 24.3 Å². The van der Waals surface area contributed by atoms with Crippen molar-refractivity contribution in [1.29, 1.82) is 0 Å². The van der Waals surface area contributed by atoms with Gasteiger partial charge in [0.2, 0.25) is 0 Å². The molecule has 0 aliphatic carbocycles. The van der Waals surface area contributed by atoms with Crippen molar-refractivity contribution in [3.63, 3.8) is 0 Å². The van der Waals surface area contributed by atoms with E-state index in [1.807, 2.05) is 0 Å². The molecule has 0 bridgehead atoms. The molecule has 90 valence electrons. The second kappa shape index (κ2) is 4.97. The van der Waals surface area contributed by atoms with Crippen molar-refractivity contribution >= 4 is 11.9 Å². The summed E-state index contributed by atoms with van der Waals surface area (Å²) in [4.78, 5) is 23.0. The van der Waals surface area contributed by atoms with Crippen LogP contribution in [0.5, 0.6) is 0 Å². The van der Waals surface area contributed by atoms with Crippen LogP contribution >= 0.6 is 0 Å². The van der Waals surface area contributed by atoms with Crippen molar-refractivity contribution in [1.82, 2.24) is 5.32 Å². The summed E-state index contributed by atoms with van der Waals surface area (Å²) in [5.41, 5.74) is 6.94. The SMILES string of the molecule is NCc1ccc(C(=O)NC2CCOC2=O)cc1. The number of esters is 1. The van der Waals surface area contributed by atoms with Gasteiger partial charge in [0.1, 0.15) is 6.04 Å². The highest BCUT2D eigenvalue weighted by Crippen LogP contribution is 2.08. The largest absolute Gasteiger partial charge is 0.464 e. The zero-order valence-electron chi connectivity index (χ0n) is 9.31. The van der Waals surface area contributed by atoms with Crippen LogP contribution in [0, 0.1) is 0 Å². The predicted molar refractivity (Wildman–Crippen MR) is 61.2 cm³/mol. The lowest BCUT2D eigenvalue weighted by Gasteiger charge is -2.08. The van der Waals surface area contributed by atoms with Gasteiger partial charge in [0.15, 0.2) is 0 Å². The number of hydrogen-bond donors (Lipinski definition) is 2. The molecule has 1 aliphatic rings. The van der Waals surface area contributed by atoms with Crippen LogP contribution < -0.4 is 11.1 Å². The van der Waals surface area contributed by atoms with E-state index < -0.39 is 6.04 Å². The first-order valence-electron chi connectivity index (χ1n) is 5.47. The Labute approximate surface area is 98.9 Å². The third-order valence-corrected chi connectivity index (χ3v) is 2.69. The average Bonchev–Trinajstić information content (AvgIpc) is 2.75. The van der Waals surface area contributed by atoms with Crippen molar-refractivity contribution < 1.29 is 14.3 Å².